The number of hydrogen-bond donors (Lipinski definition) is 2. The van der Waals surface area contributed by atoms with E-state index in [1.165, 1.54) is 13.8 Å². The number of ketones is 1. The van der Waals surface area contributed by atoms with Crippen LogP contribution in [-0.2, 0) is 4.74 Å². The molecule has 0 aliphatic rings. The molecule has 0 aromatic heterocycles. The molecule has 0 fully saturated rings. The Bertz CT molecular complexity index is 524. The van der Waals surface area contributed by atoms with E-state index in [9.17, 15) is 15.0 Å². The van der Waals surface area contributed by atoms with Gasteiger partial charge in [0, 0.05) is 25.3 Å². The molecular weight excluding hydrogens is 334 g/mol. The molecule has 0 aliphatic heterocycles. The van der Waals surface area contributed by atoms with Crippen LogP contribution in [0.4, 0.5) is 0 Å². The largest absolute Gasteiger partial charge is 0.492 e. The van der Waals surface area contributed by atoms with Crippen molar-refractivity contribution in [2.75, 3.05) is 40.0 Å². The maximum absolute atomic E-state index is 12.0. The van der Waals surface area contributed by atoms with E-state index >= 15 is 0 Å². The zero-order valence-electron chi connectivity index (χ0n) is 16.4. The van der Waals surface area contributed by atoms with Crippen molar-refractivity contribution in [3.8, 4) is 5.75 Å². The molecule has 6 nitrogen and oxygen atoms in total. The summed E-state index contributed by atoms with van der Waals surface area (Å²) in [4.78, 5) is 13.9. The van der Waals surface area contributed by atoms with Gasteiger partial charge in [0.25, 0.3) is 0 Å². The zero-order valence-corrected chi connectivity index (χ0v) is 16.4. The van der Waals surface area contributed by atoms with Gasteiger partial charge in [0.15, 0.2) is 5.78 Å². The smallest absolute Gasteiger partial charge is 0.193 e. The third-order valence-electron chi connectivity index (χ3n) is 3.89. The van der Waals surface area contributed by atoms with Gasteiger partial charge < -0.3 is 24.6 Å². The van der Waals surface area contributed by atoms with E-state index in [1.807, 2.05) is 11.9 Å². The number of hydrogen-bond acceptors (Lipinski definition) is 6. The van der Waals surface area contributed by atoms with E-state index in [0.717, 1.165) is 12.8 Å². The second-order valence-electron chi connectivity index (χ2n) is 7.11. The minimum atomic E-state index is -1.38. The Morgan fingerprint density at radius 3 is 2.46 bits per heavy atom. The fourth-order valence-corrected chi connectivity index (χ4v) is 2.34. The van der Waals surface area contributed by atoms with E-state index in [2.05, 4.69) is 6.92 Å². The maximum Gasteiger partial charge on any atom is 0.193 e. The molecule has 0 bridgehead atoms. The summed E-state index contributed by atoms with van der Waals surface area (Å²) in [7, 11) is 1.92. The summed E-state index contributed by atoms with van der Waals surface area (Å²) in [5.74, 6) is 0.341. The highest BCUT2D eigenvalue weighted by Gasteiger charge is 2.24. The molecule has 1 unspecified atom stereocenters. The molecule has 0 saturated heterocycles. The molecular formula is C20H33NO5. The fourth-order valence-electron chi connectivity index (χ4n) is 2.34. The minimum absolute atomic E-state index is 0.320. The highest BCUT2D eigenvalue weighted by atomic mass is 16.5. The number of aliphatic hydroxyl groups is 2. The van der Waals surface area contributed by atoms with Crippen molar-refractivity contribution in [1.82, 2.24) is 4.90 Å². The van der Waals surface area contributed by atoms with Gasteiger partial charge in [-0.05, 0) is 51.6 Å². The Hall–Kier alpha value is -1.47. The van der Waals surface area contributed by atoms with E-state index in [1.54, 1.807) is 24.3 Å². The topological polar surface area (TPSA) is 79.2 Å². The van der Waals surface area contributed by atoms with Crippen LogP contribution in [0.1, 0.15) is 44.0 Å². The van der Waals surface area contributed by atoms with Crippen molar-refractivity contribution in [3.63, 3.8) is 0 Å². The maximum atomic E-state index is 12.0. The van der Waals surface area contributed by atoms with Crippen LogP contribution < -0.4 is 4.74 Å². The van der Waals surface area contributed by atoms with Gasteiger partial charge >= 0.3 is 0 Å². The number of likely N-dealkylation sites (N-methyl/N-ethyl adjacent to an activating group) is 1. The van der Waals surface area contributed by atoms with Gasteiger partial charge in [-0.2, -0.15) is 0 Å². The summed E-state index contributed by atoms with van der Waals surface area (Å²) >= 11 is 0. The standard InChI is InChI=1S/C20H33NO5/c1-5-6-12-25-15-17(22)14-21(4)11-13-26-18-9-7-16(8-10-18)19(23)20(2,3)24/h7-10,17,22,24H,5-6,11-15H2,1-4H3. The molecule has 2 N–H and O–H groups in total. The number of aliphatic hydroxyl groups excluding tert-OH is 1. The first-order valence-corrected chi connectivity index (χ1v) is 9.18. The highest BCUT2D eigenvalue weighted by molar-refractivity contribution is 6.01. The number of carbonyl (C=O) groups is 1. The van der Waals surface area contributed by atoms with E-state index in [-0.39, 0.29) is 5.78 Å². The molecule has 0 aliphatic carbocycles. The average molecular weight is 367 g/mol. The number of unbranched alkanes of at least 4 members (excludes halogenated alkanes) is 1. The third-order valence-corrected chi connectivity index (χ3v) is 3.89. The Morgan fingerprint density at radius 1 is 1.23 bits per heavy atom. The van der Waals surface area contributed by atoms with Crippen molar-refractivity contribution in [2.45, 2.75) is 45.3 Å². The number of Topliss-reactive ketones (excluding diaryl/α,β-unsaturated/α-hetero) is 1. The van der Waals surface area contributed by atoms with Gasteiger partial charge in [-0.3, -0.25) is 4.79 Å². The van der Waals surface area contributed by atoms with Crippen molar-refractivity contribution in [2.24, 2.45) is 0 Å². The highest BCUT2D eigenvalue weighted by Crippen LogP contribution is 2.17. The average Bonchev–Trinajstić information content (AvgIpc) is 2.58. The summed E-state index contributed by atoms with van der Waals surface area (Å²) in [6.45, 7) is 7.74. The Morgan fingerprint density at radius 2 is 1.88 bits per heavy atom. The van der Waals surface area contributed by atoms with Crippen molar-refractivity contribution in [3.05, 3.63) is 29.8 Å². The Balaban J connectivity index is 2.29. The van der Waals surface area contributed by atoms with Gasteiger partial charge in [0.2, 0.25) is 0 Å². The molecule has 1 aromatic carbocycles. The lowest BCUT2D eigenvalue weighted by Crippen LogP contribution is -2.34. The summed E-state index contributed by atoms with van der Waals surface area (Å²) in [5.41, 5.74) is -0.931. The zero-order chi connectivity index (χ0) is 19.6. The first kappa shape index (κ1) is 22.6. The number of ether oxygens (including phenoxy) is 2. The van der Waals surface area contributed by atoms with Crippen LogP contribution in [0.2, 0.25) is 0 Å². The Labute approximate surface area is 156 Å². The molecule has 6 heteroatoms. The molecule has 0 radical (unpaired) electrons. The number of rotatable bonds is 13. The van der Waals surface area contributed by atoms with E-state index < -0.39 is 11.7 Å². The molecule has 0 spiro atoms. The van der Waals surface area contributed by atoms with Gasteiger partial charge in [-0.1, -0.05) is 13.3 Å². The molecule has 1 aromatic rings. The van der Waals surface area contributed by atoms with Crippen LogP contribution in [0, 0.1) is 0 Å². The molecule has 148 valence electrons. The van der Waals surface area contributed by atoms with Gasteiger partial charge in [0.05, 0.1) is 12.7 Å². The van der Waals surface area contributed by atoms with E-state index in [0.29, 0.717) is 44.2 Å². The summed E-state index contributed by atoms with van der Waals surface area (Å²) in [5, 5.41) is 19.7. The van der Waals surface area contributed by atoms with Crippen LogP contribution in [0.3, 0.4) is 0 Å². The lowest BCUT2D eigenvalue weighted by Gasteiger charge is -2.20. The lowest BCUT2D eigenvalue weighted by atomic mass is 9.97. The second kappa shape index (κ2) is 11.3. The predicted octanol–water partition coefficient (Wildman–Crippen LogP) is 2.13. The second-order valence-corrected chi connectivity index (χ2v) is 7.11. The van der Waals surface area contributed by atoms with Crippen LogP contribution in [0.15, 0.2) is 24.3 Å². The molecule has 1 rings (SSSR count). The molecule has 0 heterocycles. The Kier molecular flexibility index (Phi) is 9.80. The van der Waals surface area contributed by atoms with Crippen molar-refractivity contribution >= 4 is 5.78 Å². The monoisotopic (exact) mass is 367 g/mol. The molecule has 0 saturated carbocycles. The molecule has 0 amide bonds. The van der Waals surface area contributed by atoms with Gasteiger partial charge in [-0.25, -0.2) is 0 Å². The van der Waals surface area contributed by atoms with Crippen LogP contribution in [0.5, 0.6) is 5.75 Å². The molecule has 26 heavy (non-hydrogen) atoms. The minimum Gasteiger partial charge on any atom is -0.492 e. The summed E-state index contributed by atoms with van der Waals surface area (Å²) in [6, 6.07) is 6.73. The molecule has 1 atom stereocenters. The summed E-state index contributed by atoms with van der Waals surface area (Å²) < 4.78 is 11.1. The summed E-state index contributed by atoms with van der Waals surface area (Å²) in [6.07, 6.45) is 1.58. The van der Waals surface area contributed by atoms with Crippen LogP contribution >= 0.6 is 0 Å². The van der Waals surface area contributed by atoms with E-state index in [4.69, 9.17) is 9.47 Å². The number of nitrogens with zero attached hydrogens (tertiary/aromatic N) is 1. The van der Waals surface area contributed by atoms with Crippen LogP contribution in [-0.4, -0.2) is 72.6 Å². The van der Waals surface area contributed by atoms with Crippen molar-refractivity contribution in [1.29, 1.82) is 0 Å². The third kappa shape index (κ3) is 8.76. The van der Waals surface area contributed by atoms with Gasteiger partial charge in [-0.15, -0.1) is 0 Å². The van der Waals surface area contributed by atoms with Crippen molar-refractivity contribution < 1.29 is 24.5 Å². The first-order valence-electron chi connectivity index (χ1n) is 9.18. The van der Waals surface area contributed by atoms with Crippen LogP contribution in [0.25, 0.3) is 0 Å². The number of carbonyl (C=O) groups excluding carboxylic acids is 1. The SMILES string of the molecule is CCCCOCC(O)CN(C)CCOc1ccc(C(=O)C(C)(C)O)cc1. The predicted molar refractivity (Wildman–Crippen MR) is 102 cm³/mol. The van der Waals surface area contributed by atoms with Gasteiger partial charge in [0.1, 0.15) is 18.0 Å². The fraction of sp³-hybridized carbons (Fsp3) is 0.650. The number of benzene rings is 1. The first-order chi connectivity index (χ1) is 12.2. The quantitative estimate of drug-likeness (QED) is 0.411. The lowest BCUT2D eigenvalue weighted by molar-refractivity contribution is 0.0184. The normalized spacial score (nSPS) is 13.0.